The molecule has 110 valence electrons. The Morgan fingerprint density at radius 1 is 1.45 bits per heavy atom. The number of aromatic nitrogens is 2. The Labute approximate surface area is 120 Å². The summed E-state index contributed by atoms with van der Waals surface area (Å²) in [7, 11) is 1.68. The van der Waals surface area contributed by atoms with E-state index in [0.29, 0.717) is 11.8 Å². The number of aryl methyl sites for hydroxylation is 1. The molecular weight excluding hydrogens is 252 g/mol. The van der Waals surface area contributed by atoms with Crippen LogP contribution in [0.3, 0.4) is 0 Å². The van der Waals surface area contributed by atoms with E-state index in [1.165, 1.54) is 25.7 Å². The zero-order valence-electron chi connectivity index (χ0n) is 12.4. The molecule has 5 unspecified atom stereocenters. The van der Waals surface area contributed by atoms with Crippen molar-refractivity contribution < 1.29 is 9.84 Å². The van der Waals surface area contributed by atoms with Gasteiger partial charge in [-0.2, -0.15) is 5.10 Å². The zero-order chi connectivity index (χ0) is 13.9. The van der Waals surface area contributed by atoms with Crippen molar-refractivity contribution in [2.24, 2.45) is 23.7 Å². The van der Waals surface area contributed by atoms with Gasteiger partial charge in [0.15, 0.2) is 5.75 Å². The third-order valence-electron chi connectivity index (χ3n) is 6.23. The molecule has 4 nitrogen and oxygen atoms in total. The first-order chi connectivity index (χ1) is 9.69. The van der Waals surface area contributed by atoms with Crippen LogP contribution < -0.4 is 4.74 Å². The van der Waals surface area contributed by atoms with Gasteiger partial charge in [0.05, 0.1) is 13.3 Å². The van der Waals surface area contributed by atoms with Gasteiger partial charge in [-0.25, -0.2) is 0 Å². The predicted molar refractivity (Wildman–Crippen MR) is 75.4 cm³/mol. The summed E-state index contributed by atoms with van der Waals surface area (Å²) in [5, 5.41) is 15.9. The summed E-state index contributed by atoms with van der Waals surface area (Å²) in [4.78, 5) is 0. The highest BCUT2D eigenvalue weighted by molar-refractivity contribution is 5.34. The van der Waals surface area contributed by atoms with Crippen LogP contribution in [0.5, 0.6) is 5.75 Å². The van der Waals surface area contributed by atoms with Crippen LogP contribution in [0.25, 0.3) is 0 Å². The van der Waals surface area contributed by atoms with Gasteiger partial charge in [-0.1, -0.05) is 6.42 Å². The molecule has 2 bridgehead atoms. The number of methoxy groups -OCH3 is 1. The number of fused-ring (bicyclic) bond motifs is 5. The summed E-state index contributed by atoms with van der Waals surface area (Å²) in [5.74, 6) is 3.49. The predicted octanol–water partition coefficient (Wildman–Crippen LogP) is 2.56. The summed E-state index contributed by atoms with van der Waals surface area (Å²) in [6.07, 6.45) is 7.89. The Morgan fingerprint density at radius 2 is 2.25 bits per heavy atom. The van der Waals surface area contributed by atoms with Crippen LogP contribution in [0, 0.1) is 23.7 Å². The van der Waals surface area contributed by atoms with Gasteiger partial charge in [0, 0.05) is 6.54 Å². The van der Waals surface area contributed by atoms with Crippen molar-refractivity contribution in [3.8, 4) is 5.75 Å². The van der Waals surface area contributed by atoms with Crippen molar-refractivity contribution >= 4 is 0 Å². The molecule has 1 aromatic rings. The first-order valence-corrected chi connectivity index (χ1v) is 8.01. The summed E-state index contributed by atoms with van der Waals surface area (Å²) in [6, 6.07) is 0. The fourth-order valence-corrected chi connectivity index (χ4v) is 5.58. The quantitative estimate of drug-likeness (QED) is 0.923. The number of aliphatic hydroxyl groups is 1. The Hall–Kier alpha value is -1.03. The van der Waals surface area contributed by atoms with E-state index < -0.39 is 5.60 Å². The van der Waals surface area contributed by atoms with Gasteiger partial charge < -0.3 is 9.84 Å². The minimum Gasteiger partial charge on any atom is -0.493 e. The molecule has 1 aromatic heterocycles. The number of hydrogen-bond donors (Lipinski definition) is 1. The largest absolute Gasteiger partial charge is 0.493 e. The standard InChI is InChI=1S/C16H24N2O2/c1-3-18-15(14(20-2)9-17-18)16(19)8-10-7-13(16)12-6-4-5-11(10)12/h9-13,19H,3-8H2,1-2H3. The topological polar surface area (TPSA) is 47.3 Å². The van der Waals surface area contributed by atoms with Crippen LogP contribution in [0.4, 0.5) is 0 Å². The maximum atomic E-state index is 11.5. The van der Waals surface area contributed by atoms with Gasteiger partial charge in [-0.15, -0.1) is 0 Å². The molecule has 3 aliphatic rings. The van der Waals surface area contributed by atoms with E-state index in [-0.39, 0.29) is 0 Å². The molecule has 3 saturated carbocycles. The summed E-state index contributed by atoms with van der Waals surface area (Å²) in [6.45, 7) is 2.86. The molecule has 1 N–H and O–H groups in total. The van der Waals surface area contributed by atoms with E-state index in [2.05, 4.69) is 12.0 Å². The van der Waals surface area contributed by atoms with Gasteiger partial charge in [0.2, 0.25) is 0 Å². The molecule has 3 aliphatic carbocycles. The van der Waals surface area contributed by atoms with Gasteiger partial charge in [-0.05, 0) is 56.3 Å². The SMILES string of the molecule is CCn1ncc(OC)c1C1(O)CC2CC1C1CCCC21. The lowest BCUT2D eigenvalue weighted by Gasteiger charge is -2.39. The molecule has 20 heavy (non-hydrogen) atoms. The maximum Gasteiger partial charge on any atom is 0.162 e. The number of nitrogens with zero attached hydrogens (tertiary/aromatic N) is 2. The van der Waals surface area contributed by atoms with Gasteiger partial charge in [-0.3, -0.25) is 4.68 Å². The van der Waals surface area contributed by atoms with Crippen molar-refractivity contribution in [2.45, 2.75) is 51.2 Å². The molecule has 4 rings (SSSR count). The normalized spacial score (nSPS) is 42.1. The average Bonchev–Trinajstić information content (AvgIpc) is 3.17. The molecule has 4 heteroatoms. The van der Waals surface area contributed by atoms with Crippen LogP contribution in [-0.2, 0) is 12.1 Å². The summed E-state index contributed by atoms with van der Waals surface area (Å²) >= 11 is 0. The third kappa shape index (κ3) is 1.43. The van der Waals surface area contributed by atoms with Crippen molar-refractivity contribution in [1.82, 2.24) is 9.78 Å². The molecule has 3 fully saturated rings. The highest BCUT2D eigenvalue weighted by atomic mass is 16.5. The Morgan fingerprint density at radius 3 is 3.00 bits per heavy atom. The van der Waals surface area contributed by atoms with E-state index >= 15 is 0 Å². The van der Waals surface area contributed by atoms with Crippen LogP contribution in [0.15, 0.2) is 6.20 Å². The lowest BCUT2D eigenvalue weighted by atomic mass is 9.71. The smallest absolute Gasteiger partial charge is 0.162 e. The van der Waals surface area contributed by atoms with Crippen LogP contribution >= 0.6 is 0 Å². The van der Waals surface area contributed by atoms with Crippen molar-refractivity contribution in [3.05, 3.63) is 11.9 Å². The molecule has 0 amide bonds. The molecule has 1 heterocycles. The molecule has 0 saturated heterocycles. The maximum absolute atomic E-state index is 11.5. The van der Waals surface area contributed by atoms with E-state index in [0.717, 1.165) is 36.2 Å². The Balaban J connectivity index is 1.77. The zero-order valence-corrected chi connectivity index (χ0v) is 12.4. The Kier molecular flexibility index (Phi) is 2.69. The van der Waals surface area contributed by atoms with Crippen molar-refractivity contribution in [3.63, 3.8) is 0 Å². The van der Waals surface area contributed by atoms with Gasteiger partial charge >= 0.3 is 0 Å². The van der Waals surface area contributed by atoms with E-state index in [9.17, 15) is 5.11 Å². The minimum atomic E-state index is -0.714. The molecular formula is C16H24N2O2. The Bertz CT molecular complexity index is 505. The number of rotatable bonds is 3. The molecule has 0 aliphatic heterocycles. The second kappa shape index (κ2) is 4.23. The fraction of sp³-hybridized carbons (Fsp3) is 0.812. The number of hydrogen-bond acceptors (Lipinski definition) is 3. The third-order valence-corrected chi connectivity index (χ3v) is 6.23. The molecule has 0 spiro atoms. The van der Waals surface area contributed by atoms with E-state index in [1.54, 1.807) is 13.3 Å². The van der Waals surface area contributed by atoms with Crippen LogP contribution in [-0.4, -0.2) is 22.0 Å². The first-order valence-electron chi connectivity index (χ1n) is 8.01. The molecule has 0 radical (unpaired) electrons. The lowest BCUT2D eigenvalue weighted by Crippen LogP contribution is -2.40. The monoisotopic (exact) mass is 276 g/mol. The second-order valence-corrected chi connectivity index (χ2v) is 6.87. The average molecular weight is 276 g/mol. The second-order valence-electron chi connectivity index (χ2n) is 6.87. The molecule has 0 aromatic carbocycles. The van der Waals surface area contributed by atoms with Gasteiger partial charge in [0.25, 0.3) is 0 Å². The van der Waals surface area contributed by atoms with Gasteiger partial charge in [0.1, 0.15) is 11.3 Å². The highest BCUT2D eigenvalue weighted by Crippen LogP contribution is 2.65. The number of ether oxygens (including phenoxy) is 1. The van der Waals surface area contributed by atoms with Crippen LogP contribution in [0.1, 0.15) is 44.7 Å². The lowest BCUT2D eigenvalue weighted by molar-refractivity contribution is -0.0592. The van der Waals surface area contributed by atoms with E-state index in [1.807, 2.05) is 4.68 Å². The van der Waals surface area contributed by atoms with E-state index in [4.69, 9.17) is 4.74 Å². The summed E-state index contributed by atoms with van der Waals surface area (Å²) in [5.41, 5.74) is 0.217. The van der Waals surface area contributed by atoms with Crippen molar-refractivity contribution in [2.75, 3.05) is 7.11 Å². The van der Waals surface area contributed by atoms with Crippen molar-refractivity contribution in [1.29, 1.82) is 0 Å². The fourth-order valence-electron chi connectivity index (χ4n) is 5.58. The molecule has 5 atom stereocenters. The minimum absolute atomic E-state index is 0.413. The van der Waals surface area contributed by atoms with Crippen LogP contribution in [0.2, 0.25) is 0 Å². The first kappa shape index (κ1) is 12.7. The summed E-state index contributed by atoms with van der Waals surface area (Å²) < 4.78 is 7.42. The highest BCUT2D eigenvalue weighted by Gasteiger charge is 2.62.